The highest BCUT2D eigenvalue weighted by molar-refractivity contribution is 6.29. The summed E-state index contributed by atoms with van der Waals surface area (Å²) in [6.07, 6.45) is 2.22. The fourth-order valence-corrected chi connectivity index (χ4v) is 1.93. The summed E-state index contributed by atoms with van der Waals surface area (Å²) >= 11 is 5.84. The van der Waals surface area contributed by atoms with Crippen LogP contribution in [-0.4, -0.2) is 18.2 Å². The van der Waals surface area contributed by atoms with Crippen LogP contribution in [0.15, 0.2) is 12.3 Å². The predicted octanol–water partition coefficient (Wildman–Crippen LogP) is 1.93. The van der Waals surface area contributed by atoms with Gasteiger partial charge in [-0.15, -0.1) is 0 Å². The summed E-state index contributed by atoms with van der Waals surface area (Å²) in [6, 6.07) is 1.70. The summed E-state index contributed by atoms with van der Waals surface area (Å²) in [7, 11) is 0. The highest BCUT2D eigenvalue weighted by Crippen LogP contribution is 2.38. The van der Waals surface area contributed by atoms with Crippen LogP contribution in [0.1, 0.15) is 18.9 Å². The number of aromatic nitrogens is 1. The number of rotatable bonds is 2. The molecule has 0 saturated carbocycles. The Hall–Kier alpha value is -0.840. The Labute approximate surface area is 93.3 Å². The van der Waals surface area contributed by atoms with Gasteiger partial charge in [0.1, 0.15) is 5.15 Å². The molecule has 4 nitrogen and oxygen atoms in total. The van der Waals surface area contributed by atoms with Crippen LogP contribution < -0.4 is 5.73 Å². The number of hydrogen-bond donors (Lipinski definition) is 1. The highest BCUT2D eigenvalue weighted by Gasteiger charge is 2.38. The minimum Gasteiger partial charge on any atom is -0.397 e. The van der Waals surface area contributed by atoms with Crippen LogP contribution in [0, 0.1) is 0 Å². The van der Waals surface area contributed by atoms with E-state index in [1.807, 2.05) is 6.92 Å². The Bertz CT molecular complexity index is 364. The molecular formula is C10H13ClN2O2. The first kappa shape index (κ1) is 10.7. The number of nitrogen functional groups attached to an aromatic ring is 1. The van der Waals surface area contributed by atoms with E-state index in [4.69, 9.17) is 26.8 Å². The molecule has 2 N–H and O–H groups in total. The number of halogens is 1. The second kappa shape index (κ2) is 3.96. The van der Waals surface area contributed by atoms with Crippen molar-refractivity contribution in [1.82, 2.24) is 4.98 Å². The summed E-state index contributed by atoms with van der Waals surface area (Å²) < 4.78 is 11.2. The average Bonchev–Trinajstić information content (AvgIpc) is 2.71. The molecule has 0 radical (unpaired) electrons. The maximum absolute atomic E-state index is 5.85. The zero-order valence-corrected chi connectivity index (χ0v) is 9.25. The molecule has 0 aliphatic carbocycles. The van der Waals surface area contributed by atoms with E-state index in [9.17, 15) is 0 Å². The highest BCUT2D eigenvalue weighted by atomic mass is 35.5. The second-order valence-electron chi connectivity index (χ2n) is 3.40. The van der Waals surface area contributed by atoms with Crippen molar-refractivity contribution < 1.29 is 9.47 Å². The van der Waals surface area contributed by atoms with Crippen LogP contribution in [-0.2, 0) is 15.3 Å². The van der Waals surface area contributed by atoms with Gasteiger partial charge in [0.2, 0.25) is 0 Å². The average molecular weight is 229 g/mol. The van der Waals surface area contributed by atoms with Crippen LogP contribution >= 0.6 is 11.6 Å². The molecule has 1 aliphatic rings. The van der Waals surface area contributed by atoms with Crippen molar-refractivity contribution in [3.05, 3.63) is 23.0 Å². The van der Waals surface area contributed by atoms with Gasteiger partial charge in [0.15, 0.2) is 5.79 Å². The fourth-order valence-electron chi connectivity index (χ4n) is 1.78. The van der Waals surface area contributed by atoms with E-state index in [-0.39, 0.29) is 0 Å². The van der Waals surface area contributed by atoms with E-state index in [1.165, 1.54) is 6.20 Å². The number of hydrogen-bond acceptors (Lipinski definition) is 4. The normalized spacial score (nSPS) is 19.3. The predicted molar refractivity (Wildman–Crippen MR) is 57.5 cm³/mol. The van der Waals surface area contributed by atoms with Gasteiger partial charge in [-0.3, -0.25) is 0 Å². The van der Waals surface area contributed by atoms with Gasteiger partial charge in [0.25, 0.3) is 0 Å². The van der Waals surface area contributed by atoms with Gasteiger partial charge in [-0.05, 0) is 6.07 Å². The van der Waals surface area contributed by atoms with Crippen LogP contribution in [0.25, 0.3) is 0 Å². The van der Waals surface area contributed by atoms with Crippen molar-refractivity contribution in [2.45, 2.75) is 19.1 Å². The Morgan fingerprint density at radius 3 is 2.80 bits per heavy atom. The van der Waals surface area contributed by atoms with Gasteiger partial charge >= 0.3 is 0 Å². The molecule has 1 saturated heterocycles. The first-order valence-corrected chi connectivity index (χ1v) is 5.25. The molecular weight excluding hydrogens is 216 g/mol. The van der Waals surface area contributed by atoms with Crippen LogP contribution in [0.2, 0.25) is 5.15 Å². The standard InChI is InChI=1S/C10H13ClN2O2/c1-2-10(14-3-4-15-10)7-5-9(11)13-6-8(7)12/h5-6H,2-4,12H2,1H3. The minimum absolute atomic E-state index is 0.395. The van der Waals surface area contributed by atoms with Crippen molar-refractivity contribution in [2.24, 2.45) is 0 Å². The van der Waals surface area contributed by atoms with Crippen molar-refractivity contribution >= 4 is 17.3 Å². The van der Waals surface area contributed by atoms with Crippen molar-refractivity contribution in [1.29, 1.82) is 0 Å². The van der Waals surface area contributed by atoms with Crippen LogP contribution in [0.4, 0.5) is 5.69 Å². The van der Waals surface area contributed by atoms with Crippen molar-refractivity contribution in [3.63, 3.8) is 0 Å². The molecule has 2 heterocycles. The van der Waals surface area contributed by atoms with Crippen molar-refractivity contribution in [3.8, 4) is 0 Å². The smallest absolute Gasteiger partial charge is 0.196 e. The van der Waals surface area contributed by atoms with E-state index in [0.29, 0.717) is 30.5 Å². The molecule has 15 heavy (non-hydrogen) atoms. The number of pyridine rings is 1. The summed E-state index contributed by atoms with van der Waals surface area (Å²) in [4.78, 5) is 3.91. The number of ether oxygens (including phenoxy) is 2. The lowest BCUT2D eigenvalue weighted by Crippen LogP contribution is -2.27. The third-order valence-electron chi connectivity index (χ3n) is 2.53. The molecule has 2 rings (SSSR count). The summed E-state index contributed by atoms with van der Waals surface area (Å²) in [5, 5.41) is 0.395. The molecule has 0 amide bonds. The molecule has 0 spiro atoms. The Morgan fingerprint density at radius 2 is 2.20 bits per heavy atom. The number of nitrogens with zero attached hydrogens (tertiary/aromatic N) is 1. The van der Waals surface area contributed by atoms with E-state index in [2.05, 4.69) is 4.98 Å². The van der Waals surface area contributed by atoms with Gasteiger partial charge < -0.3 is 15.2 Å². The lowest BCUT2D eigenvalue weighted by molar-refractivity contribution is -0.167. The van der Waals surface area contributed by atoms with E-state index < -0.39 is 5.79 Å². The Morgan fingerprint density at radius 1 is 1.53 bits per heavy atom. The molecule has 1 aromatic heterocycles. The molecule has 0 bridgehead atoms. The lowest BCUT2D eigenvalue weighted by atomic mass is 10.0. The Kier molecular flexibility index (Phi) is 2.82. The zero-order valence-electron chi connectivity index (χ0n) is 8.50. The van der Waals surface area contributed by atoms with Gasteiger partial charge in [-0.1, -0.05) is 18.5 Å². The second-order valence-corrected chi connectivity index (χ2v) is 3.78. The molecule has 1 aliphatic heterocycles. The topological polar surface area (TPSA) is 57.4 Å². The largest absolute Gasteiger partial charge is 0.397 e. The number of nitrogens with two attached hydrogens (primary N) is 1. The summed E-state index contributed by atoms with van der Waals surface area (Å²) in [5.74, 6) is -0.739. The third-order valence-corrected chi connectivity index (χ3v) is 2.74. The Balaban J connectivity index is 2.46. The number of anilines is 1. The fraction of sp³-hybridized carbons (Fsp3) is 0.500. The van der Waals surface area contributed by atoms with Gasteiger partial charge in [0, 0.05) is 12.0 Å². The molecule has 0 aromatic carbocycles. The van der Waals surface area contributed by atoms with Gasteiger partial charge in [-0.25, -0.2) is 4.98 Å². The quantitative estimate of drug-likeness (QED) is 0.786. The summed E-state index contributed by atoms with van der Waals surface area (Å²) in [6.45, 7) is 3.14. The van der Waals surface area contributed by atoms with Crippen LogP contribution in [0.5, 0.6) is 0 Å². The molecule has 5 heteroatoms. The first-order chi connectivity index (χ1) is 7.18. The molecule has 0 unspecified atom stereocenters. The van der Waals surface area contributed by atoms with Crippen molar-refractivity contribution in [2.75, 3.05) is 18.9 Å². The molecule has 1 aromatic rings. The van der Waals surface area contributed by atoms with E-state index in [0.717, 1.165) is 5.56 Å². The molecule has 0 atom stereocenters. The third kappa shape index (κ3) is 1.80. The minimum atomic E-state index is -0.739. The monoisotopic (exact) mass is 228 g/mol. The SMILES string of the molecule is CCC1(c2cc(Cl)ncc2N)OCCO1. The maximum atomic E-state index is 5.85. The maximum Gasteiger partial charge on any atom is 0.196 e. The van der Waals surface area contributed by atoms with Gasteiger partial charge in [0.05, 0.1) is 25.1 Å². The lowest BCUT2D eigenvalue weighted by Gasteiger charge is -2.27. The zero-order chi connectivity index (χ0) is 10.9. The molecule has 1 fully saturated rings. The van der Waals surface area contributed by atoms with E-state index in [1.54, 1.807) is 6.07 Å². The summed E-state index contributed by atoms with van der Waals surface area (Å²) in [5.41, 5.74) is 7.16. The first-order valence-electron chi connectivity index (χ1n) is 4.87. The molecule has 82 valence electrons. The van der Waals surface area contributed by atoms with E-state index >= 15 is 0 Å². The van der Waals surface area contributed by atoms with Gasteiger partial charge in [-0.2, -0.15) is 0 Å². The van der Waals surface area contributed by atoms with Crippen LogP contribution in [0.3, 0.4) is 0 Å².